The van der Waals surface area contributed by atoms with Crippen molar-refractivity contribution >= 4 is 24.6 Å². The summed E-state index contributed by atoms with van der Waals surface area (Å²) in [6, 6.07) is 9.67. The first-order valence-electron chi connectivity index (χ1n) is 6.65. The summed E-state index contributed by atoms with van der Waals surface area (Å²) in [5.74, 6) is 0.188. The summed E-state index contributed by atoms with van der Waals surface area (Å²) in [6.07, 6.45) is 2.09. The zero-order valence-corrected chi connectivity index (χ0v) is 12.7. The molecule has 0 saturated carbocycles. The van der Waals surface area contributed by atoms with E-state index in [0.29, 0.717) is 13.2 Å². The first-order valence-corrected chi connectivity index (χ1v) is 9.64. The maximum Gasteiger partial charge on any atom is 0.207 e. The predicted octanol–water partition coefficient (Wildman–Crippen LogP) is 1.80. The molecule has 2 aliphatic heterocycles. The minimum atomic E-state index is -3.11. The van der Waals surface area contributed by atoms with Crippen molar-refractivity contribution in [1.29, 1.82) is 0 Å². The SMILES string of the molecule is O=S1(=O)CC(N2CCOCC2)C=C(c2ccccc2)S1. The summed E-state index contributed by atoms with van der Waals surface area (Å²) in [6.45, 7) is 2.95. The van der Waals surface area contributed by atoms with Gasteiger partial charge in [-0.1, -0.05) is 36.4 Å². The molecule has 1 atom stereocenters. The number of morpholine rings is 1. The number of ether oxygens (including phenoxy) is 1. The van der Waals surface area contributed by atoms with Crippen molar-refractivity contribution in [3.8, 4) is 0 Å². The molecule has 1 unspecified atom stereocenters. The number of benzene rings is 1. The molecule has 0 aliphatic carbocycles. The fourth-order valence-corrected chi connectivity index (χ4v) is 5.91. The van der Waals surface area contributed by atoms with Gasteiger partial charge in [0, 0.05) is 34.8 Å². The molecular weight excluding hydrogens is 294 g/mol. The Morgan fingerprint density at radius 1 is 1.15 bits per heavy atom. The molecule has 3 rings (SSSR count). The van der Waals surface area contributed by atoms with Gasteiger partial charge in [0.25, 0.3) is 0 Å². The van der Waals surface area contributed by atoms with Crippen LogP contribution in [0.15, 0.2) is 36.4 Å². The van der Waals surface area contributed by atoms with Crippen LogP contribution in [0.5, 0.6) is 0 Å². The lowest BCUT2D eigenvalue weighted by Gasteiger charge is -2.34. The van der Waals surface area contributed by atoms with Crippen molar-refractivity contribution in [3.05, 3.63) is 42.0 Å². The van der Waals surface area contributed by atoms with E-state index >= 15 is 0 Å². The van der Waals surface area contributed by atoms with Crippen LogP contribution in [0.4, 0.5) is 0 Å². The van der Waals surface area contributed by atoms with Gasteiger partial charge in [0.1, 0.15) is 0 Å². The average Bonchev–Trinajstić information content (AvgIpc) is 2.47. The van der Waals surface area contributed by atoms with Crippen molar-refractivity contribution in [1.82, 2.24) is 4.90 Å². The zero-order valence-electron chi connectivity index (χ0n) is 11.1. The van der Waals surface area contributed by atoms with Gasteiger partial charge in [-0.25, -0.2) is 8.42 Å². The van der Waals surface area contributed by atoms with E-state index in [1.807, 2.05) is 30.3 Å². The second kappa shape index (κ2) is 5.89. The van der Waals surface area contributed by atoms with Crippen molar-refractivity contribution in [3.63, 3.8) is 0 Å². The molecule has 1 fully saturated rings. The van der Waals surface area contributed by atoms with Crippen LogP contribution in [0.3, 0.4) is 0 Å². The lowest BCUT2D eigenvalue weighted by atomic mass is 10.1. The number of hydrogen-bond donors (Lipinski definition) is 0. The summed E-state index contributed by atoms with van der Waals surface area (Å²) in [7, 11) is -2.13. The Morgan fingerprint density at radius 2 is 1.85 bits per heavy atom. The van der Waals surface area contributed by atoms with Gasteiger partial charge < -0.3 is 4.74 Å². The van der Waals surface area contributed by atoms with E-state index in [-0.39, 0.29) is 11.8 Å². The standard InChI is InChI=1S/C14H17NO3S2/c16-20(17)11-13(15-6-8-18-9-7-15)10-14(19-20)12-4-2-1-3-5-12/h1-5,10,13H,6-9,11H2. The van der Waals surface area contributed by atoms with Gasteiger partial charge in [0.15, 0.2) is 0 Å². The molecule has 0 bridgehead atoms. The average molecular weight is 311 g/mol. The van der Waals surface area contributed by atoms with Gasteiger partial charge in [0.05, 0.1) is 19.0 Å². The summed E-state index contributed by atoms with van der Waals surface area (Å²) in [4.78, 5) is 3.04. The Labute approximate surface area is 123 Å². The van der Waals surface area contributed by atoms with Crippen LogP contribution in [0, 0.1) is 0 Å². The monoisotopic (exact) mass is 311 g/mol. The quantitative estimate of drug-likeness (QED) is 0.780. The summed E-state index contributed by atoms with van der Waals surface area (Å²) in [5.41, 5.74) is 0.971. The topological polar surface area (TPSA) is 46.6 Å². The van der Waals surface area contributed by atoms with Crippen molar-refractivity contribution < 1.29 is 13.2 Å². The third-order valence-corrected chi connectivity index (χ3v) is 6.77. The second-order valence-corrected chi connectivity index (χ2v) is 9.00. The van der Waals surface area contributed by atoms with Crippen molar-refractivity contribution in [2.45, 2.75) is 6.04 Å². The fourth-order valence-electron chi connectivity index (χ4n) is 2.50. The molecule has 0 N–H and O–H groups in total. The van der Waals surface area contributed by atoms with Crippen LogP contribution in [0.2, 0.25) is 0 Å². The minimum Gasteiger partial charge on any atom is -0.379 e. The van der Waals surface area contributed by atoms with Gasteiger partial charge in [-0.05, 0) is 5.56 Å². The van der Waals surface area contributed by atoms with Gasteiger partial charge in [-0.3, -0.25) is 4.90 Å². The molecule has 108 valence electrons. The highest BCUT2D eigenvalue weighted by Crippen LogP contribution is 2.38. The smallest absolute Gasteiger partial charge is 0.207 e. The fraction of sp³-hybridized carbons (Fsp3) is 0.429. The zero-order chi connectivity index (χ0) is 14.0. The molecule has 1 aromatic carbocycles. The van der Waals surface area contributed by atoms with E-state index in [1.165, 1.54) is 0 Å². The number of hydrogen-bond acceptors (Lipinski definition) is 5. The van der Waals surface area contributed by atoms with Crippen LogP contribution in [-0.2, 0) is 13.6 Å². The van der Waals surface area contributed by atoms with E-state index < -0.39 is 8.87 Å². The van der Waals surface area contributed by atoms with E-state index in [2.05, 4.69) is 11.0 Å². The van der Waals surface area contributed by atoms with Crippen LogP contribution < -0.4 is 0 Å². The lowest BCUT2D eigenvalue weighted by Crippen LogP contribution is -2.46. The molecule has 0 aromatic heterocycles. The highest BCUT2D eigenvalue weighted by atomic mass is 33.1. The first-order chi connectivity index (χ1) is 9.64. The van der Waals surface area contributed by atoms with Gasteiger partial charge >= 0.3 is 0 Å². The third kappa shape index (κ3) is 3.25. The Kier molecular flexibility index (Phi) is 4.16. The highest BCUT2D eigenvalue weighted by Gasteiger charge is 2.31. The number of rotatable bonds is 2. The van der Waals surface area contributed by atoms with Crippen LogP contribution in [0.1, 0.15) is 5.56 Å². The second-order valence-electron chi connectivity index (χ2n) is 4.92. The highest BCUT2D eigenvalue weighted by molar-refractivity contribution is 8.75. The Morgan fingerprint density at radius 3 is 2.55 bits per heavy atom. The normalized spacial score (nSPS) is 27.0. The number of nitrogens with zero attached hydrogens (tertiary/aromatic N) is 1. The molecule has 1 saturated heterocycles. The Bertz CT molecular complexity index is 592. The summed E-state index contributed by atoms with van der Waals surface area (Å²) < 4.78 is 29.6. The largest absolute Gasteiger partial charge is 0.379 e. The molecule has 2 heterocycles. The summed E-state index contributed by atoms with van der Waals surface area (Å²) in [5, 5.41) is 0. The van der Waals surface area contributed by atoms with Crippen molar-refractivity contribution in [2.75, 3.05) is 32.1 Å². The molecule has 2 aliphatic rings. The molecular formula is C14H17NO3S2. The molecule has 0 amide bonds. The van der Waals surface area contributed by atoms with Crippen LogP contribution in [0.25, 0.3) is 4.91 Å². The van der Waals surface area contributed by atoms with Gasteiger partial charge in [-0.2, -0.15) is 0 Å². The van der Waals surface area contributed by atoms with Crippen LogP contribution >= 0.6 is 10.8 Å². The molecule has 6 heteroatoms. The molecule has 1 aromatic rings. The van der Waals surface area contributed by atoms with Crippen molar-refractivity contribution in [2.24, 2.45) is 0 Å². The molecule has 4 nitrogen and oxygen atoms in total. The van der Waals surface area contributed by atoms with Gasteiger partial charge in [0.2, 0.25) is 8.87 Å². The Balaban J connectivity index is 1.90. The van der Waals surface area contributed by atoms with E-state index in [4.69, 9.17) is 4.74 Å². The first kappa shape index (κ1) is 14.1. The third-order valence-electron chi connectivity index (χ3n) is 3.51. The summed E-state index contributed by atoms with van der Waals surface area (Å²) >= 11 is 0. The molecule has 0 radical (unpaired) electrons. The van der Waals surface area contributed by atoms with E-state index in [1.54, 1.807) is 0 Å². The lowest BCUT2D eigenvalue weighted by molar-refractivity contribution is 0.0293. The molecule has 0 spiro atoms. The van der Waals surface area contributed by atoms with E-state index in [0.717, 1.165) is 34.4 Å². The van der Waals surface area contributed by atoms with Gasteiger partial charge in [-0.15, -0.1) is 0 Å². The predicted molar refractivity (Wildman–Crippen MR) is 82.0 cm³/mol. The van der Waals surface area contributed by atoms with Crippen LogP contribution in [-0.4, -0.2) is 51.4 Å². The van der Waals surface area contributed by atoms with E-state index in [9.17, 15) is 8.42 Å². The molecule has 20 heavy (non-hydrogen) atoms. The Hall–Kier alpha value is -0.820. The minimum absolute atomic E-state index is 0.0413. The maximum atomic E-state index is 12.2. The maximum absolute atomic E-state index is 12.2.